The Morgan fingerprint density at radius 3 is 2.71 bits per heavy atom. The molecule has 2 atom stereocenters. The van der Waals surface area contributed by atoms with E-state index in [1.165, 1.54) is 0 Å². The Kier molecular flexibility index (Phi) is 4.92. The van der Waals surface area contributed by atoms with E-state index in [9.17, 15) is 9.90 Å². The van der Waals surface area contributed by atoms with Crippen LogP contribution in [0.4, 0.5) is 5.69 Å². The molecule has 0 bridgehead atoms. The van der Waals surface area contributed by atoms with Gasteiger partial charge in [0.25, 0.3) is 0 Å². The summed E-state index contributed by atoms with van der Waals surface area (Å²) < 4.78 is 0.626. The van der Waals surface area contributed by atoms with Crippen molar-refractivity contribution in [3.05, 3.63) is 28.2 Å². The second-order valence-electron chi connectivity index (χ2n) is 3.84. The molecule has 1 aromatic rings. The van der Waals surface area contributed by atoms with Gasteiger partial charge in [-0.1, -0.05) is 0 Å². The number of halogens is 1. The highest BCUT2D eigenvalue weighted by Gasteiger charge is 2.10. The molecule has 6 heteroatoms. The number of nitrogens with two attached hydrogens (primary N) is 2. The molecule has 5 nitrogen and oxygen atoms in total. The molecule has 0 saturated carbocycles. The van der Waals surface area contributed by atoms with Gasteiger partial charge in [0.1, 0.15) is 0 Å². The summed E-state index contributed by atoms with van der Waals surface area (Å²) in [4.78, 5) is 11.0. The van der Waals surface area contributed by atoms with Crippen molar-refractivity contribution >= 4 is 27.5 Å². The molecule has 0 aliphatic heterocycles. The van der Waals surface area contributed by atoms with Gasteiger partial charge in [-0.2, -0.15) is 0 Å². The summed E-state index contributed by atoms with van der Waals surface area (Å²) in [5, 5.41) is 12.3. The smallest absolute Gasteiger partial charge is 0.249 e. The molecule has 0 spiro atoms. The maximum absolute atomic E-state index is 11.0. The molecule has 6 N–H and O–H groups in total. The third-order valence-electron chi connectivity index (χ3n) is 2.40. The van der Waals surface area contributed by atoms with Gasteiger partial charge in [0.05, 0.1) is 11.7 Å². The van der Waals surface area contributed by atoms with E-state index in [0.717, 1.165) is 5.69 Å². The van der Waals surface area contributed by atoms with Crippen molar-refractivity contribution in [3.8, 4) is 0 Å². The fourth-order valence-electron chi connectivity index (χ4n) is 1.23. The van der Waals surface area contributed by atoms with Crippen LogP contribution in [0.3, 0.4) is 0 Å². The Hall–Kier alpha value is -1.11. The van der Waals surface area contributed by atoms with Gasteiger partial charge in [0.2, 0.25) is 5.91 Å². The normalized spacial score (nSPS) is 14.1. The number of amides is 1. The van der Waals surface area contributed by atoms with E-state index in [0.29, 0.717) is 16.6 Å². The summed E-state index contributed by atoms with van der Waals surface area (Å²) in [5.41, 5.74) is 12.1. The summed E-state index contributed by atoms with van der Waals surface area (Å²) in [7, 11) is 0. The Balaban J connectivity index is 2.68. The quantitative estimate of drug-likeness (QED) is 0.642. The van der Waals surface area contributed by atoms with Crippen LogP contribution in [0.15, 0.2) is 22.7 Å². The number of benzene rings is 1. The van der Waals surface area contributed by atoms with Crippen molar-refractivity contribution in [2.45, 2.75) is 19.1 Å². The summed E-state index contributed by atoms with van der Waals surface area (Å²) in [5.74, 6) is -0.482. The number of carbonyl (C=O) groups is 1. The molecular weight excluding hydrogens is 286 g/mol. The van der Waals surface area contributed by atoms with Crippen LogP contribution in [0, 0.1) is 0 Å². The first-order valence-electron chi connectivity index (χ1n) is 5.18. The van der Waals surface area contributed by atoms with Crippen molar-refractivity contribution in [2.24, 2.45) is 11.5 Å². The van der Waals surface area contributed by atoms with Gasteiger partial charge >= 0.3 is 0 Å². The predicted octanol–water partition coefficient (Wildman–Crippen LogP) is 0.668. The highest BCUT2D eigenvalue weighted by molar-refractivity contribution is 9.10. The van der Waals surface area contributed by atoms with Crippen LogP contribution >= 0.6 is 15.9 Å². The first-order valence-corrected chi connectivity index (χ1v) is 5.98. The van der Waals surface area contributed by atoms with Crippen LogP contribution in [-0.4, -0.2) is 29.7 Å². The van der Waals surface area contributed by atoms with Gasteiger partial charge in [-0.05, 0) is 41.1 Å². The average molecular weight is 302 g/mol. The number of aliphatic hydroxyl groups is 1. The molecule has 0 aliphatic carbocycles. The average Bonchev–Trinajstić information content (AvgIpc) is 2.25. The Bertz CT molecular complexity index is 410. The molecule has 0 saturated heterocycles. The molecule has 1 amide bonds. The molecule has 0 radical (unpaired) electrons. The molecule has 17 heavy (non-hydrogen) atoms. The zero-order valence-electron chi connectivity index (χ0n) is 9.48. The molecule has 1 aromatic carbocycles. The predicted molar refractivity (Wildman–Crippen MR) is 70.8 cm³/mol. The summed E-state index contributed by atoms with van der Waals surface area (Å²) in [6.07, 6.45) is -0.573. The van der Waals surface area contributed by atoms with Crippen LogP contribution in [0.5, 0.6) is 0 Å². The highest BCUT2D eigenvalue weighted by atomic mass is 79.9. The van der Waals surface area contributed by atoms with Crippen molar-refractivity contribution in [1.82, 2.24) is 0 Å². The van der Waals surface area contributed by atoms with Crippen LogP contribution in [0.2, 0.25) is 0 Å². The van der Waals surface area contributed by atoms with Crippen molar-refractivity contribution in [1.29, 1.82) is 0 Å². The maximum atomic E-state index is 11.0. The summed E-state index contributed by atoms with van der Waals surface area (Å²) in [6.45, 7) is 2.08. The minimum Gasteiger partial charge on any atom is -0.392 e. The van der Waals surface area contributed by atoms with Gasteiger partial charge in [-0.15, -0.1) is 0 Å². The summed E-state index contributed by atoms with van der Waals surface area (Å²) >= 11 is 3.26. The lowest BCUT2D eigenvalue weighted by Crippen LogP contribution is -2.38. The van der Waals surface area contributed by atoms with Gasteiger partial charge < -0.3 is 21.9 Å². The second-order valence-corrected chi connectivity index (χ2v) is 4.70. The molecule has 2 unspecified atom stereocenters. The number of hydrogen-bond donors (Lipinski definition) is 4. The van der Waals surface area contributed by atoms with E-state index < -0.39 is 12.0 Å². The van der Waals surface area contributed by atoms with Gasteiger partial charge in [0, 0.05) is 22.7 Å². The molecule has 0 aromatic heterocycles. The van der Waals surface area contributed by atoms with E-state index in [4.69, 9.17) is 11.5 Å². The third kappa shape index (κ3) is 3.99. The van der Waals surface area contributed by atoms with E-state index in [1.54, 1.807) is 25.1 Å². The first-order chi connectivity index (χ1) is 7.91. The Labute approximate surface area is 108 Å². The van der Waals surface area contributed by atoms with E-state index >= 15 is 0 Å². The van der Waals surface area contributed by atoms with Crippen LogP contribution < -0.4 is 16.8 Å². The fourth-order valence-corrected chi connectivity index (χ4v) is 1.81. The van der Waals surface area contributed by atoms with E-state index in [2.05, 4.69) is 21.2 Å². The first kappa shape index (κ1) is 14.0. The number of rotatable bonds is 5. The standard InChI is InChI=1S/C11H16BrN3O2/c1-6(16)10(13)5-15-7-2-3-8(11(14)17)9(12)4-7/h2-4,6,10,15-16H,5,13H2,1H3,(H2,14,17). The van der Waals surface area contributed by atoms with Crippen LogP contribution in [-0.2, 0) is 0 Å². The molecule has 0 fully saturated rings. The molecular formula is C11H16BrN3O2. The fraction of sp³-hybridized carbons (Fsp3) is 0.364. The van der Waals surface area contributed by atoms with Crippen molar-refractivity contribution in [3.63, 3.8) is 0 Å². The zero-order valence-corrected chi connectivity index (χ0v) is 11.1. The Morgan fingerprint density at radius 2 is 2.24 bits per heavy atom. The van der Waals surface area contributed by atoms with Crippen LogP contribution in [0.25, 0.3) is 0 Å². The third-order valence-corrected chi connectivity index (χ3v) is 3.05. The summed E-state index contributed by atoms with van der Waals surface area (Å²) in [6, 6.07) is 4.77. The van der Waals surface area contributed by atoms with Crippen LogP contribution in [0.1, 0.15) is 17.3 Å². The van der Waals surface area contributed by atoms with E-state index in [-0.39, 0.29) is 6.04 Å². The van der Waals surface area contributed by atoms with Crippen molar-refractivity contribution < 1.29 is 9.90 Å². The highest BCUT2D eigenvalue weighted by Crippen LogP contribution is 2.21. The SMILES string of the molecule is CC(O)C(N)CNc1ccc(C(N)=O)c(Br)c1. The molecule has 0 aliphatic rings. The lowest BCUT2D eigenvalue weighted by molar-refractivity contribution is 0.0999. The minimum atomic E-state index is -0.573. The number of carbonyl (C=O) groups excluding carboxylic acids is 1. The topological polar surface area (TPSA) is 101 Å². The molecule has 1 rings (SSSR count). The number of primary amides is 1. The Morgan fingerprint density at radius 1 is 1.59 bits per heavy atom. The number of nitrogens with one attached hydrogen (secondary N) is 1. The van der Waals surface area contributed by atoms with Gasteiger partial charge in [-0.25, -0.2) is 0 Å². The van der Waals surface area contributed by atoms with Gasteiger partial charge in [-0.3, -0.25) is 4.79 Å². The van der Waals surface area contributed by atoms with Crippen molar-refractivity contribution in [2.75, 3.05) is 11.9 Å². The molecule has 94 valence electrons. The lowest BCUT2D eigenvalue weighted by Gasteiger charge is -2.16. The number of hydrogen-bond acceptors (Lipinski definition) is 4. The maximum Gasteiger partial charge on any atom is 0.249 e. The number of anilines is 1. The molecule has 0 heterocycles. The monoisotopic (exact) mass is 301 g/mol. The van der Waals surface area contributed by atoms with Gasteiger partial charge in [0.15, 0.2) is 0 Å². The second kappa shape index (κ2) is 6.00. The number of aliphatic hydroxyl groups excluding tert-OH is 1. The largest absolute Gasteiger partial charge is 0.392 e. The lowest BCUT2D eigenvalue weighted by atomic mass is 10.1. The van der Waals surface area contributed by atoms with E-state index in [1.807, 2.05) is 0 Å². The minimum absolute atomic E-state index is 0.343. The zero-order chi connectivity index (χ0) is 13.0.